The van der Waals surface area contributed by atoms with Crippen LogP contribution in [0, 0.1) is 29.6 Å². The quantitative estimate of drug-likeness (QED) is 0.247. The monoisotopic (exact) mass is 459 g/mol. The van der Waals surface area contributed by atoms with Crippen molar-refractivity contribution in [3.63, 3.8) is 0 Å². The minimum absolute atomic E-state index is 0.179. The zero-order valence-corrected chi connectivity index (χ0v) is 20.5. The van der Waals surface area contributed by atoms with Gasteiger partial charge in [0, 0.05) is 13.0 Å². The maximum absolute atomic E-state index is 13.5. The van der Waals surface area contributed by atoms with Crippen molar-refractivity contribution in [1.29, 1.82) is 0 Å². The first-order valence-electron chi connectivity index (χ1n) is 12.1. The van der Waals surface area contributed by atoms with Crippen LogP contribution in [0.2, 0.25) is 0 Å². The number of allylic oxidation sites excluding steroid dienone is 1. The van der Waals surface area contributed by atoms with Crippen molar-refractivity contribution in [3.8, 4) is 0 Å². The summed E-state index contributed by atoms with van der Waals surface area (Å²) in [4.78, 5) is 32.0. The Labute approximate surface area is 198 Å². The van der Waals surface area contributed by atoms with Crippen LogP contribution < -0.4 is 16.7 Å². The van der Waals surface area contributed by atoms with Crippen LogP contribution in [0.5, 0.6) is 0 Å². The Morgan fingerprint density at radius 2 is 1.79 bits per heavy atom. The van der Waals surface area contributed by atoms with Gasteiger partial charge >= 0.3 is 0 Å². The van der Waals surface area contributed by atoms with Gasteiger partial charge in [-0.2, -0.15) is 0 Å². The third kappa shape index (κ3) is 9.27. The molecule has 0 radical (unpaired) electrons. The molecule has 0 aromatic heterocycles. The highest BCUT2D eigenvalue weighted by molar-refractivity contribution is 5.87. The van der Waals surface area contributed by atoms with Crippen LogP contribution in [0.15, 0.2) is 36.4 Å². The molecule has 1 saturated heterocycles. The number of amides is 2. The second-order valence-corrected chi connectivity index (χ2v) is 9.71. The van der Waals surface area contributed by atoms with Gasteiger partial charge in [-0.15, -0.1) is 0 Å². The number of hydroxylamine groups is 1. The molecule has 1 aliphatic heterocycles. The zero-order valence-electron chi connectivity index (χ0n) is 20.5. The summed E-state index contributed by atoms with van der Waals surface area (Å²) in [5, 5.41) is 0. The van der Waals surface area contributed by atoms with E-state index in [1.165, 1.54) is 0 Å². The van der Waals surface area contributed by atoms with Gasteiger partial charge in [0.2, 0.25) is 11.8 Å². The minimum Gasteiger partial charge on any atom is -0.350 e. The second-order valence-electron chi connectivity index (χ2n) is 9.71. The number of hydrazine groups is 1. The number of ether oxygens (including phenoxy) is 1. The Bertz CT molecular complexity index is 745. The number of hydrogen-bond acceptors (Lipinski definition) is 5. The van der Waals surface area contributed by atoms with E-state index in [0.717, 1.165) is 31.2 Å². The maximum atomic E-state index is 13.5. The largest absolute Gasteiger partial charge is 0.350 e. The summed E-state index contributed by atoms with van der Waals surface area (Å²) in [6.45, 7) is 8.92. The lowest BCUT2D eigenvalue weighted by Crippen LogP contribution is -2.48. The average Bonchev–Trinajstić information content (AvgIpc) is 2.80. The first-order chi connectivity index (χ1) is 15.8. The second kappa shape index (κ2) is 14.1. The van der Waals surface area contributed by atoms with Gasteiger partial charge in [-0.25, -0.2) is 16.2 Å². The summed E-state index contributed by atoms with van der Waals surface area (Å²) in [6, 6.07) is 9.94. The number of benzene rings is 1. The molecule has 0 saturated carbocycles. The molecule has 1 aromatic carbocycles. The molecule has 1 aromatic rings. The molecule has 7 heteroatoms. The van der Waals surface area contributed by atoms with Crippen molar-refractivity contribution < 1.29 is 19.2 Å². The first-order valence-corrected chi connectivity index (χ1v) is 12.1. The smallest absolute Gasteiger partial charge is 0.248 e. The third-order valence-corrected chi connectivity index (χ3v) is 5.91. The lowest BCUT2D eigenvalue weighted by molar-refractivity contribution is -0.203. The highest BCUT2D eigenvalue weighted by Crippen LogP contribution is 2.33. The normalized spacial score (nSPS) is 19.4. The summed E-state index contributed by atoms with van der Waals surface area (Å²) >= 11 is 0. The predicted molar refractivity (Wildman–Crippen MR) is 130 cm³/mol. The van der Waals surface area contributed by atoms with E-state index in [1.54, 1.807) is 0 Å². The van der Waals surface area contributed by atoms with E-state index >= 15 is 0 Å². The summed E-state index contributed by atoms with van der Waals surface area (Å²) in [5.41, 5.74) is 5.95. The topological polar surface area (TPSA) is 103 Å². The lowest BCUT2D eigenvalue weighted by Gasteiger charge is -2.32. The van der Waals surface area contributed by atoms with Crippen LogP contribution in [0.1, 0.15) is 65.4 Å². The first kappa shape index (κ1) is 27.0. The molecule has 184 valence electrons. The molecular formula is C26H41N3O4. The van der Waals surface area contributed by atoms with Gasteiger partial charge in [-0.1, -0.05) is 70.2 Å². The van der Waals surface area contributed by atoms with E-state index in [0.29, 0.717) is 18.9 Å². The van der Waals surface area contributed by atoms with Crippen molar-refractivity contribution >= 4 is 17.9 Å². The van der Waals surface area contributed by atoms with Gasteiger partial charge in [0.05, 0.1) is 11.8 Å². The molecule has 2 unspecified atom stereocenters. The standard InChI is InChI=1S/C26H41N3O4/c1-18(2)16-21(14-13-20-10-6-5-7-11-20)24(22(17-19(3)4)25(30)28-27)26(31)29-33-23-12-8-9-15-32-23/h5-7,10-11,13-14,18-19,21-24H,8-9,12,15-17,27H2,1-4H3,(H,28,30)(H,29,31)/b14-13+/t21?,22-,23?,24+/m1/s1. The van der Waals surface area contributed by atoms with Crippen molar-refractivity contribution in [2.45, 2.75) is 66.1 Å². The predicted octanol–water partition coefficient (Wildman–Crippen LogP) is 4.20. The van der Waals surface area contributed by atoms with Crippen LogP contribution >= 0.6 is 0 Å². The van der Waals surface area contributed by atoms with Gasteiger partial charge in [0.1, 0.15) is 0 Å². The Kier molecular flexibility index (Phi) is 11.6. The van der Waals surface area contributed by atoms with Crippen LogP contribution in [0.4, 0.5) is 0 Å². The molecule has 4 N–H and O–H groups in total. The fourth-order valence-corrected chi connectivity index (χ4v) is 4.39. The minimum atomic E-state index is -0.637. The molecule has 2 amide bonds. The molecule has 0 aliphatic carbocycles. The Morgan fingerprint density at radius 3 is 2.36 bits per heavy atom. The maximum Gasteiger partial charge on any atom is 0.248 e. The van der Waals surface area contributed by atoms with E-state index in [9.17, 15) is 9.59 Å². The molecule has 33 heavy (non-hydrogen) atoms. The highest BCUT2D eigenvalue weighted by atomic mass is 16.8. The molecule has 1 fully saturated rings. The molecule has 0 bridgehead atoms. The Hall–Kier alpha value is -2.22. The fraction of sp³-hybridized carbons (Fsp3) is 0.615. The molecular weight excluding hydrogens is 418 g/mol. The molecule has 4 atom stereocenters. The summed E-state index contributed by atoms with van der Waals surface area (Å²) in [7, 11) is 0. The SMILES string of the molecule is CC(C)CC(/C=C/c1ccccc1)[C@H](C(=O)NOC1CCCCO1)[C@@H](CC(C)C)C(=O)NN. The number of rotatable bonds is 12. The summed E-state index contributed by atoms with van der Waals surface area (Å²) < 4.78 is 5.58. The van der Waals surface area contributed by atoms with Crippen LogP contribution in [0.3, 0.4) is 0 Å². The number of carbonyl (C=O) groups is 2. The Morgan fingerprint density at radius 1 is 1.09 bits per heavy atom. The van der Waals surface area contributed by atoms with Gasteiger partial charge in [-0.3, -0.25) is 15.0 Å². The number of nitrogens with two attached hydrogens (primary N) is 1. The van der Waals surface area contributed by atoms with Crippen LogP contribution in [-0.2, 0) is 19.2 Å². The van der Waals surface area contributed by atoms with Crippen LogP contribution in [-0.4, -0.2) is 24.7 Å². The van der Waals surface area contributed by atoms with Crippen molar-refractivity contribution in [2.24, 2.45) is 35.4 Å². The molecule has 1 aliphatic rings. The average molecular weight is 460 g/mol. The van der Waals surface area contributed by atoms with E-state index in [-0.39, 0.29) is 23.7 Å². The fourth-order valence-electron chi connectivity index (χ4n) is 4.39. The van der Waals surface area contributed by atoms with E-state index < -0.39 is 18.1 Å². The molecule has 1 heterocycles. The molecule has 2 rings (SSSR count). The molecule has 7 nitrogen and oxygen atoms in total. The molecule has 0 spiro atoms. The van der Waals surface area contributed by atoms with Crippen LogP contribution in [0.25, 0.3) is 6.08 Å². The zero-order chi connectivity index (χ0) is 24.2. The van der Waals surface area contributed by atoms with Crippen molar-refractivity contribution in [3.05, 3.63) is 42.0 Å². The summed E-state index contributed by atoms with van der Waals surface area (Å²) in [6.07, 6.45) is 7.60. The third-order valence-electron chi connectivity index (χ3n) is 5.91. The van der Waals surface area contributed by atoms with Gasteiger partial charge in [0.15, 0.2) is 6.29 Å². The summed E-state index contributed by atoms with van der Waals surface area (Å²) in [5.74, 6) is 4.03. The lowest BCUT2D eigenvalue weighted by atomic mass is 9.73. The van der Waals surface area contributed by atoms with E-state index in [1.807, 2.05) is 56.3 Å². The van der Waals surface area contributed by atoms with Gasteiger partial charge in [0.25, 0.3) is 0 Å². The number of hydrogen-bond donors (Lipinski definition) is 3. The Balaban J connectivity index is 2.34. The van der Waals surface area contributed by atoms with E-state index in [4.69, 9.17) is 15.4 Å². The van der Waals surface area contributed by atoms with Gasteiger partial charge in [-0.05, 0) is 49.0 Å². The number of nitrogens with one attached hydrogen (secondary N) is 2. The van der Waals surface area contributed by atoms with E-state index in [2.05, 4.69) is 24.8 Å². The number of carbonyl (C=O) groups excluding carboxylic acids is 2. The van der Waals surface area contributed by atoms with Gasteiger partial charge < -0.3 is 4.74 Å². The van der Waals surface area contributed by atoms with Crippen molar-refractivity contribution in [2.75, 3.05) is 6.61 Å². The highest BCUT2D eigenvalue weighted by Gasteiger charge is 2.39. The van der Waals surface area contributed by atoms with Crippen molar-refractivity contribution in [1.82, 2.24) is 10.9 Å².